The van der Waals surface area contributed by atoms with E-state index in [2.05, 4.69) is 71.3 Å². The average molecular weight is 499 g/mol. The second-order valence-corrected chi connectivity index (χ2v) is 10.8. The first-order valence-electron chi connectivity index (χ1n) is 14.3. The maximum Gasteiger partial charge on any atom is 0.119 e. The molecule has 1 fully saturated rings. The molecule has 1 aliphatic carbocycles. The number of hydrogen-bond donors (Lipinski definition) is 1. The number of piperidine rings is 1. The summed E-state index contributed by atoms with van der Waals surface area (Å²) in [5.41, 5.74) is 6.82. The van der Waals surface area contributed by atoms with Gasteiger partial charge in [-0.2, -0.15) is 0 Å². The Morgan fingerprint density at radius 2 is 1.76 bits per heavy atom. The van der Waals surface area contributed by atoms with Crippen LogP contribution in [0.2, 0.25) is 0 Å². The highest BCUT2D eigenvalue weighted by atomic mass is 16.5. The van der Waals surface area contributed by atoms with Gasteiger partial charge in [-0.25, -0.2) is 0 Å². The van der Waals surface area contributed by atoms with Crippen molar-refractivity contribution in [2.45, 2.75) is 58.4 Å². The molecule has 1 atom stereocenters. The predicted molar refractivity (Wildman–Crippen MR) is 153 cm³/mol. The second-order valence-electron chi connectivity index (χ2n) is 10.8. The highest BCUT2D eigenvalue weighted by molar-refractivity contribution is 5.54. The minimum absolute atomic E-state index is 0.387. The normalized spacial score (nSPS) is 17.8. The van der Waals surface area contributed by atoms with Gasteiger partial charge in [0.1, 0.15) is 18.1 Å². The number of rotatable bonds is 10. The molecule has 1 aliphatic heterocycles. The van der Waals surface area contributed by atoms with Crippen LogP contribution in [0.1, 0.15) is 54.9 Å². The van der Waals surface area contributed by atoms with E-state index in [1.54, 1.807) is 0 Å². The van der Waals surface area contributed by atoms with Gasteiger partial charge in [0.05, 0.1) is 0 Å². The van der Waals surface area contributed by atoms with Crippen LogP contribution in [0.25, 0.3) is 0 Å². The molecule has 0 saturated carbocycles. The van der Waals surface area contributed by atoms with Crippen molar-refractivity contribution in [2.24, 2.45) is 5.92 Å². The van der Waals surface area contributed by atoms with Gasteiger partial charge < -0.3 is 14.7 Å². The third-order valence-electron chi connectivity index (χ3n) is 8.16. The van der Waals surface area contributed by atoms with Crippen molar-refractivity contribution in [1.29, 1.82) is 0 Å². The summed E-state index contributed by atoms with van der Waals surface area (Å²) < 4.78 is 6.05. The lowest BCUT2D eigenvalue weighted by molar-refractivity contribution is 0.183. The number of benzene rings is 3. The molecule has 4 nitrogen and oxygen atoms in total. The zero-order valence-corrected chi connectivity index (χ0v) is 22.4. The highest BCUT2D eigenvalue weighted by Gasteiger charge is 2.21. The summed E-state index contributed by atoms with van der Waals surface area (Å²) >= 11 is 0. The predicted octanol–water partition coefficient (Wildman–Crippen LogP) is 6.63. The number of ether oxygens (including phenoxy) is 1. The third-order valence-corrected chi connectivity index (χ3v) is 8.16. The molecule has 0 aromatic heterocycles. The quantitative estimate of drug-likeness (QED) is 0.340. The topological polar surface area (TPSA) is 35.9 Å². The number of para-hydroxylation sites is 1. The summed E-state index contributed by atoms with van der Waals surface area (Å²) in [6, 6.07) is 23.5. The first kappa shape index (κ1) is 25.7. The fourth-order valence-electron chi connectivity index (χ4n) is 6.05. The van der Waals surface area contributed by atoms with Gasteiger partial charge in [0.2, 0.25) is 0 Å². The summed E-state index contributed by atoms with van der Waals surface area (Å²) in [6.07, 6.45) is 8.44. The average Bonchev–Trinajstić information content (AvgIpc) is 2.94. The molecule has 1 saturated heterocycles. The van der Waals surface area contributed by atoms with Gasteiger partial charge in [-0.1, -0.05) is 42.8 Å². The number of likely N-dealkylation sites (tertiary alicyclic amines) is 1. The molecule has 0 amide bonds. The van der Waals surface area contributed by atoms with Crippen molar-refractivity contribution < 1.29 is 9.84 Å². The smallest absolute Gasteiger partial charge is 0.119 e. The van der Waals surface area contributed by atoms with Gasteiger partial charge in [-0.15, -0.1) is 0 Å². The molecular weight excluding hydrogens is 456 g/mol. The molecule has 0 spiro atoms. The summed E-state index contributed by atoms with van der Waals surface area (Å²) in [7, 11) is 0. The minimum atomic E-state index is 0.387. The molecule has 4 heteroatoms. The second kappa shape index (κ2) is 12.5. The number of phenols is 1. The van der Waals surface area contributed by atoms with Crippen molar-refractivity contribution in [3.63, 3.8) is 0 Å². The standard InChI is InChI=1S/C33H42N2O2/c1-2-35(25-26-11-16-32(17-12-26)37-21-20-34-18-6-3-7-19-34)33-9-5-4-8-30(33)23-27-10-13-29-24-31(36)15-14-28(29)22-27/h4-5,8-9,11-12,14-17,24,27,36H,2-3,6-7,10,13,18-23,25H2,1H3. The van der Waals surface area contributed by atoms with E-state index >= 15 is 0 Å². The molecule has 3 aromatic carbocycles. The van der Waals surface area contributed by atoms with Crippen LogP contribution >= 0.6 is 0 Å². The Hall–Kier alpha value is -2.98. The van der Waals surface area contributed by atoms with Crippen molar-refractivity contribution in [3.8, 4) is 11.5 Å². The van der Waals surface area contributed by atoms with Crippen molar-refractivity contribution >= 4 is 5.69 Å². The van der Waals surface area contributed by atoms with E-state index in [4.69, 9.17) is 4.74 Å². The van der Waals surface area contributed by atoms with E-state index in [-0.39, 0.29) is 0 Å². The number of anilines is 1. The summed E-state index contributed by atoms with van der Waals surface area (Å²) in [5.74, 6) is 1.99. The Balaban J connectivity index is 1.18. The minimum Gasteiger partial charge on any atom is -0.508 e. The van der Waals surface area contributed by atoms with E-state index in [9.17, 15) is 5.11 Å². The van der Waals surface area contributed by atoms with Crippen LogP contribution in [0, 0.1) is 5.92 Å². The lowest BCUT2D eigenvalue weighted by Gasteiger charge is -2.29. The van der Waals surface area contributed by atoms with Gasteiger partial charge >= 0.3 is 0 Å². The zero-order chi connectivity index (χ0) is 25.5. The van der Waals surface area contributed by atoms with Gasteiger partial charge in [-0.3, -0.25) is 4.90 Å². The van der Waals surface area contributed by atoms with Crippen LogP contribution in [-0.4, -0.2) is 42.8 Å². The Morgan fingerprint density at radius 1 is 0.946 bits per heavy atom. The van der Waals surface area contributed by atoms with E-state index in [1.807, 2.05) is 12.1 Å². The monoisotopic (exact) mass is 498 g/mol. The van der Waals surface area contributed by atoms with Gasteiger partial charge in [0, 0.05) is 25.3 Å². The molecular formula is C33H42N2O2. The number of hydrogen-bond acceptors (Lipinski definition) is 4. The van der Waals surface area contributed by atoms with Crippen LogP contribution in [0.15, 0.2) is 66.7 Å². The highest BCUT2D eigenvalue weighted by Crippen LogP contribution is 2.33. The zero-order valence-electron chi connectivity index (χ0n) is 22.4. The maximum atomic E-state index is 9.82. The van der Waals surface area contributed by atoms with Crippen molar-refractivity contribution in [2.75, 3.05) is 37.7 Å². The molecule has 0 bridgehead atoms. The molecule has 1 unspecified atom stereocenters. The first-order valence-corrected chi connectivity index (χ1v) is 14.3. The molecule has 2 aliphatic rings. The third kappa shape index (κ3) is 6.87. The molecule has 196 valence electrons. The Bertz CT molecular complexity index is 1140. The fraction of sp³-hybridized carbons (Fsp3) is 0.455. The summed E-state index contributed by atoms with van der Waals surface area (Å²) in [6.45, 7) is 8.34. The lowest BCUT2D eigenvalue weighted by Crippen LogP contribution is -2.33. The van der Waals surface area contributed by atoms with Crippen LogP contribution in [0.5, 0.6) is 11.5 Å². The largest absolute Gasteiger partial charge is 0.508 e. The van der Waals surface area contributed by atoms with E-state index < -0.39 is 0 Å². The van der Waals surface area contributed by atoms with E-state index in [1.165, 1.54) is 66.7 Å². The van der Waals surface area contributed by atoms with E-state index in [0.29, 0.717) is 11.7 Å². The van der Waals surface area contributed by atoms with Crippen molar-refractivity contribution in [1.82, 2.24) is 4.90 Å². The lowest BCUT2D eigenvalue weighted by atomic mass is 9.80. The van der Waals surface area contributed by atoms with Crippen LogP contribution in [0.3, 0.4) is 0 Å². The molecule has 3 aromatic rings. The fourth-order valence-corrected chi connectivity index (χ4v) is 6.05. The van der Waals surface area contributed by atoms with Crippen LogP contribution in [0.4, 0.5) is 5.69 Å². The van der Waals surface area contributed by atoms with Crippen LogP contribution < -0.4 is 9.64 Å². The number of aromatic hydroxyl groups is 1. The van der Waals surface area contributed by atoms with Crippen molar-refractivity contribution in [3.05, 3.63) is 89.0 Å². The number of nitrogens with zero attached hydrogens (tertiary/aromatic N) is 2. The van der Waals surface area contributed by atoms with Gasteiger partial charge in [-0.05, 0) is 117 Å². The SMILES string of the molecule is CCN(Cc1ccc(OCCN2CCCCC2)cc1)c1ccccc1CC1CCc2cc(O)ccc2C1. The van der Waals surface area contributed by atoms with Gasteiger partial charge in [0.15, 0.2) is 0 Å². The summed E-state index contributed by atoms with van der Waals surface area (Å²) in [5, 5.41) is 9.82. The molecule has 0 radical (unpaired) electrons. The maximum absolute atomic E-state index is 9.82. The van der Waals surface area contributed by atoms with E-state index in [0.717, 1.165) is 51.3 Å². The number of aryl methyl sites for hydroxylation is 1. The Labute approximate surface area is 222 Å². The molecule has 1 heterocycles. The van der Waals surface area contributed by atoms with Crippen LogP contribution in [-0.2, 0) is 25.8 Å². The van der Waals surface area contributed by atoms with Gasteiger partial charge in [0.25, 0.3) is 0 Å². The molecule has 37 heavy (non-hydrogen) atoms. The molecule has 1 N–H and O–H groups in total. The summed E-state index contributed by atoms with van der Waals surface area (Å²) in [4.78, 5) is 5.02. The Kier molecular flexibility index (Phi) is 8.68. The Morgan fingerprint density at radius 3 is 2.57 bits per heavy atom. The number of fused-ring (bicyclic) bond motifs is 1. The first-order chi connectivity index (χ1) is 18.2. The number of phenolic OH excluding ortho intramolecular Hbond substituents is 1. The molecule has 5 rings (SSSR count).